The largest absolute Gasteiger partial charge is 0.741 e. The number of halogens is 38. The molecule has 0 saturated heterocycles. The predicted molar refractivity (Wildman–Crippen MR) is 408 cm³/mol. The van der Waals surface area contributed by atoms with Crippen molar-refractivity contribution in [3.63, 3.8) is 0 Å². The second kappa shape index (κ2) is 54.7. The second-order valence-corrected chi connectivity index (χ2v) is 60.7. The van der Waals surface area contributed by atoms with Crippen molar-refractivity contribution in [3.05, 3.63) is 250 Å². The standard InChI is InChI=1S/C24H20F6IO2.C17H13AtF6O.C11H10AtClF6O.2C10H7AtF6O.C2H3AtN.C2HF3O2.CHF3O3S.4CH4.Na/c1-16-8-13-21(31-18-9-11-19(32-2)12-10-18)20(14-16)22(23(25,26)27,24(28,29)30)33-15-17-6-4-3-5-7-17;1-11-7-8-14(18)13(9-11)15(16(19,20)21,17(22,23)24)25-10-12-5-3-2-4-6-12;1-6-3-4-8(12(2)13)7(5-6)9(20,10(14,15)16)11(17,18)19;2*1-5-2-3-7(11)6(4-5)8(18,9(12,13)14)10(15,16)17;1-3-2-4;3-2(4,5)1(6)7;2-1(3,4)8(5,6)7;;;;;/h3-14H,15H2,1-2H3;2-9H,10H2,1H3;3-5,20H,1-2H3;2*2-4,18H,1H3;1H3;(H,6,7);(H,5,6,7);4*1H4;/q+1;;;;;+1;;;;;;;-1/p-1/i;18+1;12+1;2*11+1;3+1;;;;;;;. The molecular formula is C81H77At5ClF36INNaO11S. The molecule has 0 bridgehead atoms. The van der Waals surface area contributed by atoms with Crippen molar-refractivity contribution in [2.24, 2.45) is 0 Å². The number of benzene rings is 8. The molecule has 0 aliphatic rings. The van der Waals surface area contributed by atoms with Crippen LogP contribution in [-0.4, -0.2) is 143 Å². The number of methoxy groups -OCH3 is 1. The normalized spacial score (nSPS) is 12.8. The maximum Gasteiger partial charge on any atom is 0.490 e. The maximum absolute atomic E-state index is 14.4. The van der Waals surface area contributed by atoms with Gasteiger partial charge >= 0.3 is 609 Å². The van der Waals surface area contributed by atoms with Gasteiger partial charge in [-0.05, 0) is 48.9 Å². The van der Waals surface area contributed by atoms with E-state index in [-0.39, 0.29) is 85.3 Å². The zero-order chi connectivity index (χ0) is 105. The number of aliphatic hydroxyl groups is 3. The van der Waals surface area contributed by atoms with Crippen LogP contribution < -0.4 is 39.0 Å². The first-order valence-corrected chi connectivity index (χ1v) is 64.5. The van der Waals surface area contributed by atoms with Crippen LogP contribution in [0.5, 0.6) is 5.75 Å². The summed E-state index contributed by atoms with van der Waals surface area (Å²) in [5, 5.41) is 43.0. The Hall–Kier alpha value is -3.85. The first-order valence-electron chi connectivity index (χ1n) is 34.6. The van der Waals surface area contributed by atoms with Crippen molar-refractivity contribution in [3.8, 4) is 9.53 Å². The van der Waals surface area contributed by atoms with Crippen LogP contribution in [0, 0.1) is 162 Å². The minimum atomic E-state index is -6.09. The first-order chi connectivity index (χ1) is 60.1. The Kier molecular flexibility index (Phi) is 55.7. The van der Waals surface area contributed by atoms with Gasteiger partial charge in [-0.1, -0.05) is 71.7 Å². The van der Waals surface area contributed by atoms with Crippen LogP contribution in [0.4, 0.5) is 158 Å². The van der Waals surface area contributed by atoms with E-state index >= 15 is 0 Å². The Balaban J connectivity index is -0.000000779. The van der Waals surface area contributed by atoms with Crippen molar-refractivity contribution >= 4 is 60.5 Å². The summed E-state index contributed by atoms with van der Waals surface area (Å²) < 4.78 is 508. The van der Waals surface area contributed by atoms with E-state index in [1.54, 1.807) is 36.4 Å². The molecule has 12 nitrogen and oxygen atoms in total. The van der Waals surface area contributed by atoms with Crippen LogP contribution in [0.15, 0.2) is 176 Å². The van der Waals surface area contributed by atoms with Gasteiger partial charge in [0.15, 0.2) is 13.7 Å². The minimum Gasteiger partial charge on any atom is -0.741 e. The van der Waals surface area contributed by atoms with Crippen LogP contribution in [0.3, 0.4) is 0 Å². The Morgan fingerprint density at radius 1 is 0.420 bits per heavy atom. The first kappa shape index (κ1) is 140. The summed E-state index contributed by atoms with van der Waals surface area (Å²) in [6, 6.07) is 38.5. The maximum atomic E-state index is 14.4. The number of aliphatic carboxylic acids is 1. The molecule has 0 fully saturated rings. The van der Waals surface area contributed by atoms with E-state index in [1.165, 1.54) is 160 Å². The third-order valence-electron chi connectivity index (χ3n) is 16.4. The summed E-state index contributed by atoms with van der Waals surface area (Å²) in [6.45, 7) is 5.25. The van der Waals surface area contributed by atoms with Gasteiger partial charge < -0.3 is 19.1 Å². The molecule has 8 rings (SSSR count). The summed E-state index contributed by atoms with van der Waals surface area (Å²) in [4.78, 5) is 8.90. The molecule has 0 aliphatic carbocycles. The number of alkyl halides is 36. The number of hydrogen-bond donors (Lipinski definition) is 4. The molecule has 138 heavy (non-hydrogen) atoms. The number of carboxylic acid groups (broad SMARTS) is 1. The fourth-order valence-electron chi connectivity index (χ4n) is 9.97. The van der Waals surface area contributed by atoms with Gasteiger partial charge in [0.25, 0.3) is 5.60 Å². The molecule has 0 unspecified atom stereocenters. The number of hydrogen-bond acceptors (Lipinski definition) is 11. The van der Waals surface area contributed by atoms with Gasteiger partial charge in [-0.25, -0.2) is 13.2 Å². The van der Waals surface area contributed by atoms with E-state index in [9.17, 15) is 173 Å². The van der Waals surface area contributed by atoms with Gasteiger partial charge in [0.1, 0.15) is 5.75 Å². The molecule has 0 heterocycles. The zero-order valence-corrected chi connectivity index (χ0v) is 88.3. The van der Waals surface area contributed by atoms with Crippen LogP contribution in [0.1, 0.15) is 96.5 Å². The van der Waals surface area contributed by atoms with Gasteiger partial charge in [-0.15, -0.1) is 0 Å². The Labute approximate surface area is 853 Å². The molecule has 8 aromatic carbocycles. The SMILES string of the molecule is C.C.C.C.COc1ccc([I+]c2ccc(C)cc2C(OCc2ccccc2)(C(F)(F)F)C(F)(F)F)cc1.C[211At]([Na])C#N.Cc1ccc([211At](C)Cl)c(C(O)(C(F)(F)F)C(F)(F)F)c1.Cc1ccc([211At])c(C(O)(C(F)(F)F)C(F)(F)F)c1.Cc1ccc([211At])c(C(O)(C(F)(F)F)C(F)(F)F)c1.Cc1ccc([211At])c(C(OCc2ccccc2)(C(F)(F)F)C(F)(F)F)c1.O=C(O)C(F)(F)F.O=S(=O)([O-])C(F)(F)F. The molecule has 57 heteroatoms. The molecule has 8 aromatic rings. The fourth-order valence-corrected chi connectivity index (χ4v) is 19.3. The van der Waals surface area contributed by atoms with Gasteiger partial charge in [-0.2, -0.15) is 52.7 Å². The summed E-state index contributed by atoms with van der Waals surface area (Å²) >= 11 is -2.24. The predicted octanol–water partition coefficient (Wildman–Crippen LogP) is 20.5. The van der Waals surface area contributed by atoms with E-state index in [4.69, 9.17) is 46.1 Å². The zero-order valence-electron chi connectivity index (χ0n) is 67.9. The Morgan fingerprint density at radius 3 is 0.906 bits per heavy atom. The van der Waals surface area contributed by atoms with E-state index in [0.29, 0.717) is 77.0 Å². The molecule has 0 aromatic heterocycles. The van der Waals surface area contributed by atoms with E-state index in [2.05, 4.69) is 13.1 Å². The van der Waals surface area contributed by atoms with Gasteiger partial charge in [-0.3, -0.25) is 0 Å². The second-order valence-electron chi connectivity index (χ2n) is 26.6. The number of rotatable bonds is 15. The molecule has 0 saturated carbocycles. The average Bonchev–Trinajstić information content (AvgIpc) is 0.724. The minimum absolute atomic E-state index is 0. The number of nitriles is 1. The molecule has 0 atom stereocenters. The van der Waals surface area contributed by atoms with E-state index < -0.39 is 216 Å². The van der Waals surface area contributed by atoms with E-state index in [0.717, 1.165) is 55.1 Å². The quantitative estimate of drug-likeness (QED) is 0.0249. The van der Waals surface area contributed by atoms with Gasteiger partial charge in [0.2, 0.25) is 3.57 Å². The Morgan fingerprint density at radius 2 is 0.659 bits per heavy atom. The molecular weight excluding hydrogens is 3120 g/mol. The van der Waals surface area contributed by atoms with Crippen LogP contribution in [-0.2, 0) is 65.6 Å². The van der Waals surface area contributed by atoms with Crippen molar-refractivity contribution in [2.75, 3.05) is 7.11 Å². The number of carboxylic acids is 1. The van der Waals surface area contributed by atoms with Crippen LogP contribution >= 0.6 is 8.51 Å². The summed E-state index contributed by atoms with van der Waals surface area (Å²) in [5.74, 6) is -2.22. The summed E-state index contributed by atoms with van der Waals surface area (Å²) in [6.07, 6.45) is -63.0. The molecule has 0 spiro atoms. The molecule has 0 aliphatic heterocycles. The van der Waals surface area contributed by atoms with Crippen molar-refractivity contribution < 1.29 is 342 Å². The Bertz CT molecular complexity index is 5130. The number of carbonyl (C=O) groups is 1. The van der Waals surface area contributed by atoms with Crippen molar-refractivity contribution in [1.82, 2.24) is 0 Å². The monoisotopic (exact) mass is 3200 g/mol. The average molecular weight is 3200 g/mol. The van der Waals surface area contributed by atoms with Gasteiger partial charge in [0.05, 0.1) is 19.3 Å². The van der Waals surface area contributed by atoms with Crippen LogP contribution in [0.25, 0.3) is 0 Å². The summed E-state index contributed by atoms with van der Waals surface area (Å²) in [5.41, 5.74) is -32.9. The fraction of sp³-hybridized carbons (Fsp3) is 0.383. The summed E-state index contributed by atoms with van der Waals surface area (Å²) in [7, 11) is 1.18. The smallest absolute Gasteiger partial charge is 0.490 e. The van der Waals surface area contributed by atoms with Crippen molar-refractivity contribution in [2.45, 2.75) is 188 Å². The molecule has 4 N–H and O–H groups in total. The molecule has 780 valence electrons. The number of aryl methyl sites for hydroxylation is 5. The number of nitrogens with zero attached hydrogens (tertiary/aromatic N) is 1. The molecule has 0 radical (unpaired) electrons. The van der Waals surface area contributed by atoms with Crippen LogP contribution in [0.2, 0.25) is 9.26 Å². The van der Waals surface area contributed by atoms with E-state index in [1.807, 2.05) is 0 Å². The third-order valence-corrected chi connectivity index (χ3v) is 31.3. The van der Waals surface area contributed by atoms with Crippen molar-refractivity contribution in [1.29, 1.82) is 5.26 Å². The van der Waals surface area contributed by atoms with Gasteiger partial charge in [0, 0.05) is 0 Å². The third kappa shape index (κ3) is 37.5. The molecule has 0 amide bonds. The topological polar surface area (TPSA) is 207 Å². The number of ether oxygens (including phenoxy) is 3.